The van der Waals surface area contributed by atoms with Crippen LogP contribution in [-0.2, 0) is 19.7 Å². The molecular weight excluding hydrogens is 513 g/mol. The van der Waals surface area contributed by atoms with Gasteiger partial charge in [-0.05, 0) is 51.2 Å². The molecule has 4 rings (SSSR count). The number of ketones is 1. The second-order valence-electron chi connectivity index (χ2n) is 9.46. The van der Waals surface area contributed by atoms with Gasteiger partial charge < -0.3 is 29.0 Å². The van der Waals surface area contributed by atoms with Crippen molar-refractivity contribution in [3.05, 3.63) is 23.3 Å². The van der Waals surface area contributed by atoms with E-state index in [1.54, 1.807) is 19.1 Å². The van der Waals surface area contributed by atoms with Crippen molar-refractivity contribution in [2.45, 2.75) is 69.1 Å². The van der Waals surface area contributed by atoms with Gasteiger partial charge in [0.2, 0.25) is 0 Å². The molecule has 0 radical (unpaired) electrons. The molecule has 4 atom stereocenters. The predicted molar refractivity (Wildman–Crippen MR) is 131 cm³/mol. The van der Waals surface area contributed by atoms with E-state index >= 15 is 0 Å². The smallest absolute Gasteiger partial charge is 0.477 e. The maximum absolute atomic E-state index is 13.2. The summed E-state index contributed by atoms with van der Waals surface area (Å²) < 4.78 is 22.0. The zero-order chi connectivity index (χ0) is 26.1. The lowest BCUT2D eigenvalue weighted by Crippen LogP contribution is -2.74. The molecular formula is C25H31Cl2NO8. The quantitative estimate of drug-likeness (QED) is 0.237. The van der Waals surface area contributed by atoms with Crippen LogP contribution < -0.4 is 9.47 Å². The Morgan fingerprint density at radius 2 is 1.86 bits per heavy atom. The first kappa shape index (κ1) is 26.8. The van der Waals surface area contributed by atoms with Crippen molar-refractivity contribution in [3.8, 4) is 11.5 Å². The van der Waals surface area contributed by atoms with Crippen LogP contribution >= 0.6 is 23.2 Å². The largest absolute Gasteiger partial charge is 0.513 e. The summed E-state index contributed by atoms with van der Waals surface area (Å²) in [5.41, 5.74) is -1.19. The average Bonchev–Trinajstić information content (AvgIpc) is 3.21. The highest BCUT2D eigenvalue weighted by Gasteiger charge is 2.71. The molecule has 1 aromatic carbocycles. The van der Waals surface area contributed by atoms with E-state index in [9.17, 15) is 19.5 Å². The van der Waals surface area contributed by atoms with E-state index in [1.165, 1.54) is 4.90 Å². The standard InChI is InChI=1S/C25H31Cl2NO8/c1-15-5-6-18(35-23(31)34-14-4-11-27)20-19(15)24-9-12-28(22(30)33-13-3-10-26)16(2)25(24,32)8-7-17(29)21(24)36-20/h5-6,16,21,32H,3-4,7-14H2,1-2H3/t16-,21+,24+,25?/m1/s1. The Hall–Kier alpha value is -2.23. The van der Waals surface area contributed by atoms with Gasteiger partial charge >= 0.3 is 12.2 Å². The second-order valence-corrected chi connectivity index (χ2v) is 10.2. The Kier molecular flexibility index (Phi) is 7.92. The number of benzene rings is 1. The second kappa shape index (κ2) is 10.6. The van der Waals surface area contributed by atoms with Crippen LogP contribution in [-0.4, -0.2) is 77.3 Å². The summed E-state index contributed by atoms with van der Waals surface area (Å²) in [7, 11) is 0. The molecule has 2 fully saturated rings. The van der Waals surface area contributed by atoms with Crippen LogP contribution in [0.3, 0.4) is 0 Å². The van der Waals surface area contributed by atoms with E-state index in [4.69, 9.17) is 42.1 Å². The van der Waals surface area contributed by atoms with Crippen LogP contribution in [0, 0.1) is 6.92 Å². The number of rotatable bonds is 7. The minimum atomic E-state index is -1.48. The molecule has 1 saturated heterocycles. The summed E-state index contributed by atoms with van der Waals surface area (Å²) in [6.45, 7) is 4.16. The average molecular weight is 544 g/mol. The molecule has 2 heterocycles. The first-order valence-electron chi connectivity index (χ1n) is 12.2. The number of carbonyl (C=O) groups excluding carboxylic acids is 3. The minimum absolute atomic E-state index is 0.0894. The number of likely N-dealkylation sites (tertiary alicyclic amines) is 1. The lowest BCUT2D eigenvalue weighted by Gasteiger charge is -2.58. The van der Waals surface area contributed by atoms with Crippen LogP contribution in [0.4, 0.5) is 9.59 Å². The number of nitrogens with zero attached hydrogens (tertiary/aromatic N) is 1. The van der Waals surface area contributed by atoms with E-state index in [0.29, 0.717) is 30.2 Å². The number of ether oxygens (including phenoxy) is 4. The Morgan fingerprint density at radius 3 is 2.56 bits per heavy atom. The van der Waals surface area contributed by atoms with Crippen molar-refractivity contribution < 1.29 is 38.4 Å². The molecule has 1 saturated carbocycles. The third-order valence-corrected chi connectivity index (χ3v) is 8.15. The van der Waals surface area contributed by atoms with Gasteiger partial charge in [-0.1, -0.05) is 6.07 Å². The lowest BCUT2D eigenvalue weighted by atomic mass is 9.52. The highest BCUT2D eigenvalue weighted by Crippen LogP contribution is 2.62. The van der Waals surface area contributed by atoms with Crippen molar-refractivity contribution in [2.75, 3.05) is 31.5 Å². The molecule has 0 aromatic heterocycles. The van der Waals surface area contributed by atoms with Crippen molar-refractivity contribution in [1.29, 1.82) is 0 Å². The molecule has 11 heteroatoms. The molecule has 1 aliphatic carbocycles. The van der Waals surface area contributed by atoms with Crippen molar-refractivity contribution >= 4 is 41.2 Å². The molecule has 1 N–H and O–H groups in total. The van der Waals surface area contributed by atoms with Gasteiger partial charge in [-0.3, -0.25) is 4.79 Å². The number of piperidine rings is 1. The van der Waals surface area contributed by atoms with E-state index < -0.39 is 35.4 Å². The summed E-state index contributed by atoms with van der Waals surface area (Å²) in [5, 5.41) is 12.3. The van der Waals surface area contributed by atoms with Crippen LogP contribution in [0.15, 0.2) is 12.1 Å². The maximum atomic E-state index is 13.2. The fourth-order valence-corrected chi connectivity index (χ4v) is 6.11. The summed E-state index contributed by atoms with van der Waals surface area (Å²) in [5.74, 6) is 0.930. The van der Waals surface area contributed by atoms with Gasteiger partial charge in [-0.2, -0.15) is 0 Å². The zero-order valence-electron chi connectivity index (χ0n) is 20.4. The van der Waals surface area contributed by atoms with Gasteiger partial charge in [-0.25, -0.2) is 9.59 Å². The Labute approximate surface area is 219 Å². The van der Waals surface area contributed by atoms with Crippen molar-refractivity contribution in [2.24, 2.45) is 0 Å². The van der Waals surface area contributed by atoms with Gasteiger partial charge in [0.25, 0.3) is 0 Å². The summed E-state index contributed by atoms with van der Waals surface area (Å²) in [4.78, 5) is 39.7. The summed E-state index contributed by atoms with van der Waals surface area (Å²) >= 11 is 11.3. The molecule has 1 amide bonds. The SMILES string of the molecule is Cc1ccc(OC(=O)OCCCCl)c2c1[C@]13CCN(C(=O)OCCCCl)[C@H](C)C1(O)CCC(=O)[C@@H]3O2. The number of aryl methyl sites for hydroxylation is 1. The number of alkyl halides is 2. The van der Waals surface area contributed by atoms with Gasteiger partial charge in [0.1, 0.15) is 0 Å². The molecule has 198 valence electrons. The molecule has 1 unspecified atom stereocenters. The highest BCUT2D eigenvalue weighted by molar-refractivity contribution is 6.18. The third kappa shape index (κ3) is 4.29. The van der Waals surface area contributed by atoms with Crippen LogP contribution in [0.25, 0.3) is 0 Å². The fourth-order valence-electron chi connectivity index (χ4n) is 5.89. The molecule has 36 heavy (non-hydrogen) atoms. The summed E-state index contributed by atoms with van der Waals surface area (Å²) in [6.07, 6.45) is -0.893. The number of fused-ring (bicyclic) bond motifs is 1. The molecule has 0 bridgehead atoms. The maximum Gasteiger partial charge on any atom is 0.513 e. The number of carbonyl (C=O) groups is 3. The normalized spacial score (nSPS) is 28.5. The van der Waals surface area contributed by atoms with Gasteiger partial charge in [0.15, 0.2) is 23.4 Å². The molecule has 1 spiro atoms. The van der Waals surface area contributed by atoms with Crippen molar-refractivity contribution in [1.82, 2.24) is 4.90 Å². The molecule has 9 nitrogen and oxygen atoms in total. The Bertz CT molecular complexity index is 1040. The minimum Gasteiger partial charge on any atom is -0.477 e. The molecule has 3 aliphatic rings. The molecule has 1 aromatic rings. The van der Waals surface area contributed by atoms with Gasteiger partial charge in [-0.15, -0.1) is 23.2 Å². The first-order chi connectivity index (χ1) is 17.2. The number of hydrogen-bond acceptors (Lipinski definition) is 8. The van der Waals surface area contributed by atoms with Crippen LogP contribution in [0.5, 0.6) is 11.5 Å². The Balaban J connectivity index is 1.70. The van der Waals surface area contributed by atoms with Gasteiger partial charge in [0, 0.05) is 30.3 Å². The summed E-state index contributed by atoms with van der Waals surface area (Å²) in [6, 6.07) is 2.68. The number of halogens is 2. The highest BCUT2D eigenvalue weighted by atomic mass is 35.5. The fraction of sp³-hybridized carbons (Fsp3) is 0.640. The first-order valence-corrected chi connectivity index (χ1v) is 13.2. The number of aliphatic hydroxyl groups is 1. The molecule has 2 aliphatic heterocycles. The predicted octanol–water partition coefficient (Wildman–Crippen LogP) is 4.09. The number of Topliss-reactive ketones (excluding diaryl/α,β-unsaturated/α-hetero) is 1. The van der Waals surface area contributed by atoms with E-state index in [-0.39, 0.29) is 56.3 Å². The Morgan fingerprint density at radius 1 is 1.17 bits per heavy atom. The number of amides is 1. The monoisotopic (exact) mass is 543 g/mol. The van der Waals surface area contributed by atoms with Crippen LogP contribution in [0.2, 0.25) is 0 Å². The van der Waals surface area contributed by atoms with E-state index in [1.807, 2.05) is 6.92 Å². The topological polar surface area (TPSA) is 112 Å². The third-order valence-electron chi connectivity index (χ3n) is 7.61. The van der Waals surface area contributed by atoms with E-state index in [2.05, 4.69) is 0 Å². The van der Waals surface area contributed by atoms with Crippen LogP contribution in [0.1, 0.15) is 50.2 Å². The zero-order valence-corrected chi connectivity index (χ0v) is 21.9. The van der Waals surface area contributed by atoms with Crippen molar-refractivity contribution in [3.63, 3.8) is 0 Å². The van der Waals surface area contributed by atoms with Gasteiger partial charge in [0.05, 0.1) is 30.3 Å². The van der Waals surface area contributed by atoms with E-state index in [0.717, 1.165) is 5.56 Å². The lowest BCUT2D eigenvalue weighted by molar-refractivity contribution is -0.177. The number of hydrogen-bond donors (Lipinski definition) is 1.